The minimum atomic E-state index is 0.367. The van der Waals surface area contributed by atoms with Crippen molar-refractivity contribution in [3.05, 3.63) is 0 Å². The average molecular weight is 294 g/mol. The zero-order valence-electron chi connectivity index (χ0n) is 14.3. The van der Waals surface area contributed by atoms with Gasteiger partial charge in [0, 0.05) is 32.2 Å². The SMILES string of the molecule is CCCN(c1nc(NCC)nc(N(CC)CC)n1)C(C)C. The molecule has 0 aliphatic rings. The number of rotatable bonds is 9. The lowest BCUT2D eigenvalue weighted by Gasteiger charge is -2.28. The molecule has 1 aromatic rings. The number of nitrogens with one attached hydrogen (secondary N) is 1. The number of hydrogen-bond donors (Lipinski definition) is 1. The first kappa shape index (κ1) is 17.5. The molecule has 0 atom stereocenters. The van der Waals surface area contributed by atoms with E-state index in [9.17, 15) is 0 Å². The van der Waals surface area contributed by atoms with Crippen LogP contribution in [0.25, 0.3) is 0 Å². The van der Waals surface area contributed by atoms with Crippen molar-refractivity contribution in [2.75, 3.05) is 41.3 Å². The van der Waals surface area contributed by atoms with Crippen LogP contribution < -0.4 is 15.1 Å². The quantitative estimate of drug-likeness (QED) is 0.756. The Kier molecular flexibility index (Phi) is 7.19. The lowest BCUT2D eigenvalue weighted by molar-refractivity contribution is 0.647. The summed E-state index contributed by atoms with van der Waals surface area (Å²) in [5.41, 5.74) is 0. The molecule has 1 rings (SSSR count). The maximum Gasteiger partial charge on any atom is 0.232 e. The van der Waals surface area contributed by atoms with Crippen molar-refractivity contribution in [2.45, 2.75) is 54.0 Å². The van der Waals surface area contributed by atoms with Gasteiger partial charge in [0.15, 0.2) is 0 Å². The Hall–Kier alpha value is -1.59. The van der Waals surface area contributed by atoms with Gasteiger partial charge in [-0.2, -0.15) is 15.0 Å². The Morgan fingerprint density at radius 1 is 0.952 bits per heavy atom. The van der Waals surface area contributed by atoms with Gasteiger partial charge in [-0.15, -0.1) is 0 Å². The molecule has 1 N–H and O–H groups in total. The summed E-state index contributed by atoms with van der Waals surface area (Å²) in [6.45, 7) is 16.3. The van der Waals surface area contributed by atoms with E-state index >= 15 is 0 Å². The first-order valence-electron chi connectivity index (χ1n) is 8.08. The summed E-state index contributed by atoms with van der Waals surface area (Å²) in [5, 5.41) is 3.21. The second-order valence-electron chi connectivity index (χ2n) is 5.25. The summed E-state index contributed by atoms with van der Waals surface area (Å²) in [4.78, 5) is 18.2. The van der Waals surface area contributed by atoms with Crippen LogP contribution >= 0.6 is 0 Å². The van der Waals surface area contributed by atoms with Gasteiger partial charge in [-0.25, -0.2) is 0 Å². The molecule has 0 radical (unpaired) electrons. The Morgan fingerprint density at radius 2 is 1.57 bits per heavy atom. The van der Waals surface area contributed by atoms with E-state index in [1.54, 1.807) is 0 Å². The largest absolute Gasteiger partial charge is 0.354 e. The zero-order chi connectivity index (χ0) is 15.8. The lowest BCUT2D eigenvalue weighted by atomic mass is 10.3. The van der Waals surface area contributed by atoms with Crippen molar-refractivity contribution in [2.24, 2.45) is 0 Å². The second-order valence-corrected chi connectivity index (χ2v) is 5.25. The van der Waals surface area contributed by atoms with Gasteiger partial charge in [-0.1, -0.05) is 6.92 Å². The smallest absolute Gasteiger partial charge is 0.232 e. The van der Waals surface area contributed by atoms with Crippen LogP contribution in [0.4, 0.5) is 17.8 Å². The van der Waals surface area contributed by atoms with Crippen LogP contribution in [-0.2, 0) is 0 Å². The summed E-state index contributed by atoms with van der Waals surface area (Å²) in [6, 6.07) is 0.367. The van der Waals surface area contributed by atoms with Crippen molar-refractivity contribution in [1.29, 1.82) is 0 Å². The van der Waals surface area contributed by atoms with Crippen LogP contribution in [0.1, 0.15) is 48.0 Å². The number of hydrogen-bond acceptors (Lipinski definition) is 6. The Balaban J connectivity index is 3.22. The monoisotopic (exact) mass is 294 g/mol. The van der Waals surface area contributed by atoms with E-state index in [1.807, 2.05) is 6.92 Å². The zero-order valence-corrected chi connectivity index (χ0v) is 14.3. The fraction of sp³-hybridized carbons (Fsp3) is 0.800. The van der Waals surface area contributed by atoms with Crippen molar-refractivity contribution in [1.82, 2.24) is 15.0 Å². The highest BCUT2D eigenvalue weighted by Gasteiger charge is 2.17. The number of nitrogens with zero attached hydrogens (tertiary/aromatic N) is 5. The fourth-order valence-electron chi connectivity index (χ4n) is 2.20. The molecule has 0 unspecified atom stereocenters. The molecule has 0 fully saturated rings. The Labute approximate surface area is 129 Å². The van der Waals surface area contributed by atoms with Gasteiger partial charge in [0.1, 0.15) is 0 Å². The van der Waals surface area contributed by atoms with Gasteiger partial charge in [0.2, 0.25) is 17.8 Å². The third-order valence-corrected chi connectivity index (χ3v) is 3.34. The molecule has 6 heteroatoms. The van der Waals surface area contributed by atoms with Crippen LogP contribution in [0.15, 0.2) is 0 Å². The highest BCUT2D eigenvalue weighted by molar-refractivity contribution is 5.45. The van der Waals surface area contributed by atoms with E-state index in [4.69, 9.17) is 0 Å². The van der Waals surface area contributed by atoms with E-state index in [-0.39, 0.29) is 0 Å². The Morgan fingerprint density at radius 3 is 2.05 bits per heavy atom. The molecule has 0 aromatic carbocycles. The molecule has 0 aliphatic carbocycles. The van der Waals surface area contributed by atoms with E-state index in [1.165, 1.54) is 0 Å². The molecular formula is C15H30N6. The van der Waals surface area contributed by atoms with E-state index in [0.29, 0.717) is 12.0 Å². The van der Waals surface area contributed by atoms with E-state index in [2.05, 4.69) is 64.7 Å². The van der Waals surface area contributed by atoms with Crippen molar-refractivity contribution in [3.63, 3.8) is 0 Å². The minimum absolute atomic E-state index is 0.367. The van der Waals surface area contributed by atoms with Gasteiger partial charge >= 0.3 is 0 Å². The fourth-order valence-corrected chi connectivity index (χ4v) is 2.20. The summed E-state index contributed by atoms with van der Waals surface area (Å²) in [6.07, 6.45) is 1.07. The average Bonchev–Trinajstić information content (AvgIpc) is 2.46. The van der Waals surface area contributed by atoms with E-state index < -0.39 is 0 Å². The molecule has 21 heavy (non-hydrogen) atoms. The maximum atomic E-state index is 4.69. The van der Waals surface area contributed by atoms with Crippen LogP contribution in [0.5, 0.6) is 0 Å². The highest BCUT2D eigenvalue weighted by atomic mass is 15.4. The first-order valence-corrected chi connectivity index (χ1v) is 8.08. The third-order valence-electron chi connectivity index (χ3n) is 3.34. The van der Waals surface area contributed by atoms with Crippen molar-refractivity contribution < 1.29 is 0 Å². The minimum Gasteiger partial charge on any atom is -0.354 e. The third kappa shape index (κ3) is 4.72. The molecule has 0 amide bonds. The number of aromatic nitrogens is 3. The van der Waals surface area contributed by atoms with Crippen LogP contribution in [-0.4, -0.2) is 47.2 Å². The summed E-state index contributed by atoms with van der Waals surface area (Å²) in [5.74, 6) is 2.17. The molecule has 1 aromatic heterocycles. The van der Waals surface area contributed by atoms with Crippen molar-refractivity contribution >= 4 is 17.8 Å². The molecule has 1 heterocycles. The summed E-state index contributed by atoms with van der Waals surface area (Å²) < 4.78 is 0. The lowest BCUT2D eigenvalue weighted by Crippen LogP contribution is -2.34. The number of anilines is 3. The van der Waals surface area contributed by atoms with Crippen molar-refractivity contribution in [3.8, 4) is 0 Å². The standard InChI is InChI=1S/C15H30N6/c1-7-11-21(12(5)6)15-18-13(16-8-2)17-14(19-15)20(9-3)10-4/h12H,7-11H2,1-6H3,(H,16,17,18,19). The molecule has 6 nitrogen and oxygen atoms in total. The highest BCUT2D eigenvalue weighted by Crippen LogP contribution is 2.18. The maximum absolute atomic E-state index is 4.69. The van der Waals surface area contributed by atoms with Gasteiger partial charge < -0.3 is 15.1 Å². The molecule has 0 spiro atoms. The first-order chi connectivity index (χ1) is 10.1. The molecule has 0 saturated carbocycles. The predicted molar refractivity (Wildman–Crippen MR) is 90.3 cm³/mol. The van der Waals surface area contributed by atoms with Gasteiger partial charge in [-0.3, -0.25) is 0 Å². The predicted octanol–water partition coefficient (Wildman–Crippen LogP) is 2.77. The molecule has 0 bridgehead atoms. The molecular weight excluding hydrogens is 264 g/mol. The van der Waals surface area contributed by atoms with Crippen LogP contribution in [0.3, 0.4) is 0 Å². The summed E-state index contributed by atoms with van der Waals surface area (Å²) >= 11 is 0. The molecule has 120 valence electrons. The van der Waals surface area contributed by atoms with Crippen LogP contribution in [0.2, 0.25) is 0 Å². The van der Waals surface area contributed by atoms with Gasteiger partial charge in [0.05, 0.1) is 0 Å². The Bertz CT molecular complexity index is 417. The second kappa shape index (κ2) is 8.64. The van der Waals surface area contributed by atoms with Gasteiger partial charge in [-0.05, 0) is 41.0 Å². The topological polar surface area (TPSA) is 57.2 Å². The molecule has 0 saturated heterocycles. The van der Waals surface area contributed by atoms with E-state index in [0.717, 1.165) is 44.5 Å². The summed E-state index contributed by atoms with van der Waals surface area (Å²) in [7, 11) is 0. The normalized spacial score (nSPS) is 10.8. The van der Waals surface area contributed by atoms with Gasteiger partial charge in [0.25, 0.3) is 0 Å². The molecule has 0 aliphatic heterocycles. The van der Waals surface area contributed by atoms with Crippen LogP contribution in [0, 0.1) is 0 Å².